The van der Waals surface area contributed by atoms with Crippen LogP contribution in [-0.4, -0.2) is 43.3 Å². The van der Waals surface area contributed by atoms with E-state index >= 15 is 0 Å². The third-order valence-corrected chi connectivity index (χ3v) is 2.89. The second-order valence-electron chi connectivity index (χ2n) is 4.34. The number of fused-ring (bicyclic) bond motifs is 1. The number of hydrogen-bond donors (Lipinski definition) is 0. The van der Waals surface area contributed by atoms with Crippen LogP contribution in [0.5, 0.6) is 11.5 Å². The lowest BCUT2D eigenvalue weighted by Crippen LogP contribution is -2.26. The van der Waals surface area contributed by atoms with Gasteiger partial charge in [-0.05, 0) is 6.92 Å². The Morgan fingerprint density at radius 1 is 1.27 bits per heavy atom. The highest BCUT2D eigenvalue weighted by Gasteiger charge is 2.29. The van der Waals surface area contributed by atoms with Gasteiger partial charge in [0.05, 0.1) is 18.1 Å². The summed E-state index contributed by atoms with van der Waals surface area (Å²) in [4.78, 5) is 33.7. The Bertz CT molecular complexity index is 627. The van der Waals surface area contributed by atoms with Gasteiger partial charge in [0.25, 0.3) is 5.69 Å². The Morgan fingerprint density at radius 2 is 1.86 bits per heavy atom. The summed E-state index contributed by atoms with van der Waals surface area (Å²) in [6.07, 6.45) is -1.19. The van der Waals surface area contributed by atoms with Crippen molar-refractivity contribution >= 4 is 17.6 Å². The van der Waals surface area contributed by atoms with E-state index in [9.17, 15) is 19.7 Å². The average molecular weight is 311 g/mol. The van der Waals surface area contributed by atoms with Crippen LogP contribution in [0.3, 0.4) is 0 Å². The number of nitro benzene ring substituents is 1. The van der Waals surface area contributed by atoms with Crippen LogP contribution >= 0.6 is 0 Å². The van der Waals surface area contributed by atoms with Crippen LogP contribution in [0, 0.1) is 10.1 Å². The highest BCUT2D eigenvalue weighted by Crippen LogP contribution is 2.36. The van der Waals surface area contributed by atoms with Crippen molar-refractivity contribution < 1.29 is 33.5 Å². The van der Waals surface area contributed by atoms with Crippen molar-refractivity contribution in [3.05, 3.63) is 27.8 Å². The molecule has 0 fully saturated rings. The van der Waals surface area contributed by atoms with Crippen LogP contribution in [0.1, 0.15) is 17.3 Å². The summed E-state index contributed by atoms with van der Waals surface area (Å²) in [7, 11) is 1.14. The Hall–Kier alpha value is -2.84. The van der Waals surface area contributed by atoms with Gasteiger partial charge in [0.15, 0.2) is 17.6 Å². The third kappa shape index (κ3) is 3.08. The molecule has 0 saturated carbocycles. The maximum absolute atomic E-state index is 12.1. The van der Waals surface area contributed by atoms with Crippen molar-refractivity contribution in [2.75, 3.05) is 20.3 Å². The molecular weight excluding hydrogens is 298 g/mol. The van der Waals surface area contributed by atoms with Gasteiger partial charge in [-0.3, -0.25) is 10.1 Å². The molecule has 1 aliphatic heterocycles. The molecule has 9 heteroatoms. The van der Waals surface area contributed by atoms with E-state index in [0.29, 0.717) is 0 Å². The van der Waals surface area contributed by atoms with Crippen LogP contribution in [0.15, 0.2) is 12.1 Å². The van der Waals surface area contributed by atoms with E-state index in [2.05, 4.69) is 4.74 Å². The first-order valence-electron chi connectivity index (χ1n) is 6.31. The first kappa shape index (κ1) is 15.5. The maximum atomic E-state index is 12.1. The van der Waals surface area contributed by atoms with Crippen molar-refractivity contribution in [1.82, 2.24) is 0 Å². The first-order valence-corrected chi connectivity index (χ1v) is 6.31. The fourth-order valence-corrected chi connectivity index (χ4v) is 1.83. The Kier molecular flexibility index (Phi) is 4.44. The van der Waals surface area contributed by atoms with Gasteiger partial charge in [-0.25, -0.2) is 9.59 Å². The molecule has 0 N–H and O–H groups in total. The Balaban J connectivity index is 2.34. The molecule has 1 aromatic carbocycles. The van der Waals surface area contributed by atoms with E-state index in [1.807, 2.05) is 0 Å². The maximum Gasteiger partial charge on any atom is 0.346 e. The number of esters is 2. The summed E-state index contributed by atoms with van der Waals surface area (Å²) in [5.74, 6) is -1.42. The van der Waals surface area contributed by atoms with Crippen LogP contribution in [0.25, 0.3) is 0 Å². The molecule has 1 aliphatic rings. The lowest BCUT2D eigenvalue weighted by molar-refractivity contribution is -0.385. The molecule has 0 aliphatic carbocycles. The summed E-state index contributed by atoms with van der Waals surface area (Å²) < 4.78 is 19.8. The average Bonchev–Trinajstić information content (AvgIpc) is 2.52. The van der Waals surface area contributed by atoms with Crippen molar-refractivity contribution in [1.29, 1.82) is 0 Å². The molecule has 1 unspecified atom stereocenters. The van der Waals surface area contributed by atoms with Gasteiger partial charge in [-0.1, -0.05) is 0 Å². The molecule has 0 amide bonds. The fourth-order valence-electron chi connectivity index (χ4n) is 1.83. The number of methoxy groups -OCH3 is 1. The minimum absolute atomic E-state index is 0.176. The van der Waals surface area contributed by atoms with Crippen LogP contribution < -0.4 is 9.47 Å². The van der Waals surface area contributed by atoms with Gasteiger partial charge < -0.3 is 18.9 Å². The van der Waals surface area contributed by atoms with Crippen LogP contribution in [0.4, 0.5) is 5.69 Å². The number of carbonyl (C=O) groups excluding carboxylic acids is 2. The molecular formula is C13H13NO8. The topological polar surface area (TPSA) is 114 Å². The monoisotopic (exact) mass is 311 g/mol. The van der Waals surface area contributed by atoms with Gasteiger partial charge in [0.2, 0.25) is 0 Å². The second-order valence-corrected chi connectivity index (χ2v) is 4.34. The van der Waals surface area contributed by atoms with Gasteiger partial charge in [-0.15, -0.1) is 0 Å². The molecule has 1 heterocycles. The minimum atomic E-state index is -1.19. The Labute approximate surface area is 124 Å². The van der Waals surface area contributed by atoms with Gasteiger partial charge in [-0.2, -0.15) is 0 Å². The van der Waals surface area contributed by atoms with Crippen molar-refractivity contribution in [3.63, 3.8) is 0 Å². The number of hydrogen-bond acceptors (Lipinski definition) is 8. The van der Waals surface area contributed by atoms with Gasteiger partial charge >= 0.3 is 11.9 Å². The van der Waals surface area contributed by atoms with Gasteiger partial charge in [0, 0.05) is 6.07 Å². The van der Waals surface area contributed by atoms with Crippen molar-refractivity contribution in [2.24, 2.45) is 0 Å². The quantitative estimate of drug-likeness (QED) is 0.461. The van der Waals surface area contributed by atoms with E-state index in [4.69, 9.17) is 14.2 Å². The lowest BCUT2D eigenvalue weighted by Gasteiger charge is -2.19. The molecule has 1 atom stereocenters. The third-order valence-electron chi connectivity index (χ3n) is 2.89. The summed E-state index contributed by atoms with van der Waals surface area (Å²) >= 11 is 0. The number of benzene rings is 1. The molecule has 1 aromatic rings. The zero-order valence-corrected chi connectivity index (χ0v) is 11.9. The largest absolute Gasteiger partial charge is 0.486 e. The van der Waals surface area contributed by atoms with E-state index in [-0.39, 0.29) is 30.3 Å². The molecule has 22 heavy (non-hydrogen) atoms. The minimum Gasteiger partial charge on any atom is -0.486 e. The summed E-state index contributed by atoms with van der Waals surface area (Å²) in [6.45, 7) is 1.82. The molecule has 0 aromatic heterocycles. The highest BCUT2D eigenvalue weighted by molar-refractivity contribution is 5.96. The molecule has 118 valence electrons. The molecule has 0 saturated heterocycles. The molecule has 2 rings (SSSR count). The van der Waals surface area contributed by atoms with Crippen LogP contribution in [0.2, 0.25) is 0 Å². The normalized spacial score (nSPS) is 13.9. The van der Waals surface area contributed by atoms with Crippen molar-refractivity contribution in [2.45, 2.75) is 13.0 Å². The second kappa shape index (κ2) is 6.29. The van der Waals surface area contributed by atoms with E-state index in [0.717, 1.165) is 13.2 Å². The highest BCUT2D eigenvalue weighted by atomic mass is 16.6. The number of nitro groups is 1. The predicted molar refractivity (Wildman–Crippen MR) is 71.0 cm³/mol. The molecule has 9 nitrogen and oxygen atoms in total. The van der Waals surface area contributed by atoms with Gasteiger partial charge in [0.1, 0.15) is 18.8 Å². The van der Waals surface area contributed by atoms with E-state index in [1.165, 1.54) is 13.0 Å². The summed E-state index contributed by atoms with van der Waals surface area (Å²) in [6, 6.07) is 2.26. The smallest absolute Gasteiger partial charge is 0.346 e. The standard InChI is InChI=1S/C13H13NO8/c1-7(12(15)19-2)22-13(16)8-5-10-11(21-4-3-20-10)6-9(8)14(17)18/h5-7H,3-4H2,1-2H3. The van der Waals surface area contributed by atoms with E-state index in [1.54, 1.807) is 0 Å². The van der Waals surface area contributed by atoms with Crippen LogP contribution in [-0.2, 0) is 14.3 Å². The first-order chi connectivity index (χ1) is 10.4. The number of rotatable bonds is 4. The predicted octanol–water partition coefficient (Wildman–Crippen LogP) is 1.08. The molecule has 0 bridgehead atoms. The number of ether oxygens (including phenoxy) is 4. The molecule has 0 radical (unpaired) electrons. The molecule has 0 spiro atoms. The van der Waals surface area contributed by atoms with E-state index < -0.39 is 28.7 Å². The SMILES string of the molecule is COC(=O)C(C)OC(=O)c1cc2c(cc1[N+](=O)[O-])OCCO2. The zero-order valence-electron chi connectivity index (χ0n) is 11.9. The number of nitrogens with zero attached hydrogens (tertiary/aromatic N) is 1. The number of carbonyl (C=O) groups is 2. The Morgan fingerprint density at radius 3 is 2.41 bits per heavy atom. The summed E-state index contributed by atoms with van der Waals surface area (Å²) in [5.41, 5.74) is -0.823. The fraction of sp³-hybridized carbons (Fsp3) is 0.385. The van der Waals surface area contributed by atoms with Crippen molar-refractivity contribution in [3.8, 4) is 11.5 Å². The summed E-state index contributed by atoms with van der Waals surface area (Å²) in [5, 5.41) is 11.1. The lowest BCUT2D eigenvalue weighted by atomic mass is 10.1. The zero-order chi connectivity index (χ0) is 16.3.